The van der Waals surface area contributed by atoms with E-state index in [4.69, 9.17) is 16.3 Å². The zero-order valence-corrected chi connectivity index (χ0v) is 19.3. The summed E-state index contributed by atoms with van der Waals surface area (Å²) in [5.41, 5.74) is 0.963. The first-order chi connectivity index (χ1) is 15.4. The van der Waals surface area contributed by atoms with Crippen LogP contribution in [0.2, 0.25) is 5.15 Å². The molecule has 0 aromatic carbocycles. The third kappa shape index (κ3) is 5.28. The highest BCUT2D eigenvalue weighted by molar-refractivity contribution is 7.89. The van der Waals surface area contributed by atoms with E-state index in [-0.39, 0.29) is 41.1 Å². The quantitative estimate of drug-likeness (QED) is 0.568. The molecule has 0 radical (unpaired) electrons. The van der Waals surface area contributed by atoms with Crippen molar-refractivity contribution in [2.45, 2.75) is 43.2 Å². The van der Waals surface area contributed by atoms with Crippen molar-refractivity contribution in [3.63, 3.8) is 0 Å². The van der Waals surface area contributed by atoms with Gasteiger partial charge >= 0.3 is 0 Å². The fourth-order valence-corrected chi connectivity index (χ4v) is 6.18. The SMILES string of the molecule is O=C(C1CCN(S(=O)(=O)c2cccnc2Cl)CC1)N(Cc1cccnc1)CC1CCCO1. The van der Waals surface area contributed by atoms with Crippen LogP contribution in [0, 0.1) is 5.92 Å². The largest absolute Gasteiger partial charge is 0.376 e. The Labute approximate surface area is 193 Å². The van der Waals surface area contributed by atoms with Gasteiger partial charge in [-0.3, -0.25) is 9.78 Å². The van der Waals surface area contributed by atoms with Crippen molar-refractivity contribution < 1.29 is 17.9 Å². The van der Waals surface area contributed by atoms with E-state index in [0.29, 0.717) is 25.9 Å². The highest BCUT2D eigenvalue weighted by Gasteiger charge is 2.35. The molecule has 0 bridgehead atoms. The highest BCUT2D eigenvalue weighted by Crippen LogP contribution is 2.28. The molecular weight excluding hydrogens is 452 g/mol. The summed E-state index contributed by atoms with van der Waals surface area (Å²) in [7, 11) is -3.74. The second kappa shape index (κ2) is 10.2. The van der Waals surface area contributed by atoms with E-state index in [1.54, 1.807) is 18.5 Å². The molecule has 2 aromatic rings. The number of nitrogens with zero attached hydrogens (tertiary/aromatic N) is 4. The molecule has 1 amide bonds. The van der Waals surface area contributed by atoms with Gasteiger partial charge in [0.05, 0.1) is 6.10 Å². The normalized spacial score (nSPS) is 20.3. The number of piperidine rings is 1. The van der Waals surface area contributed by atoms with Gasteiger partial charge in [0.25, 0.3) is 0 Å². The van der Waals surface area contributed by atoms with Gasteiger partial charge in [-0.15, -0.1) is 0 Å². The molecule has 0 aliphatic carbocycles. The maximum absolute atomic E-state index is 13.4. The maximum atomic E-state index is 13.4. The molecule has 0 spiro atoms. The second-order valence-corrected chi connectivity index (χ2v) is 10.5. The first-order valence-electron chi connectivity index (χ1n) is 10.8. The molecular formula is C22H27ClN4O4S. The van der Waals surface area contributed by atoms with E-state index in [1.165, 1.54) is 16.6 Å². The van der Waals surface area contributed by atoms with Crippen molar-refractivity contribution in [1.82, 2.24) is 19.2 Å². The molecule has 2 fully saturated rings. The monoisotopic (exact) mass is 478 g/mol. The Balaban J connectivity index is 1.43. The molecule has 32 heavy (non-hydrogen) atoms. The summed E-state index contributed by atoms with van der Waals surface area (Å²) in [6.45, 7) is 2.27. The average Bonchev–Trinajstić information content (AvgIpc) is 3.32. The van der Waals surface area contributed by atoms with Gasteiger partial charge in [-0.2, -0.15) is 4.31 Å². The highest BCUT2D eigenvalue weighted by atomic mass is 35.5. The molecule has 1 unspecified atom stereocenters. The number of sulfonamides is 1. The van der Waals surface area contributed by atoms with E-state index in [1.807, 2.05) is 17.0 Å². The van der Waals surface area contributed by atoms with Gasteiger partial charge in [0.15, 0.2) is 0 Å². The third-order valence-electron chi connectivity index (χ3n) is 6.00. The third-order valence-corrected chi connectivity index (χ3v) is 8.35. The number of carbonyl (C=O) groups is 1. The number of rotatable bonds is 7. The number of hydrogen-bond acceptors (Lipinski definition) is 6. The molecule has 10 heteroatoms. The predicted octanol–water partition coefficient (Wildman–Crippen LogP) is 2.74. The Morgan fingerprint density at radius 1 is 1.19 bits per heavy atom. The van der Waals surface area contributed by atoms with Crippen LogP contribution in [0.25, 0.3) is 0 Å². The number of halogens is 1. The van der Waals surface area contributed by atoms with Gasteiger partial charge in [-0.1, -0.05) is 17.7 Å². The van der Waals surface area contributed by atoms with Gasteiger partial charge in [-0.25, -0.2) is 13.4 Å². The van der Waals surface area contributed by atoms with Crippen LogP contribution < -0.4 is 0 Å². The van der Waals surface area contributed by atoms with Gasteiger partial charge in [0.2, 0.25) is 15.9 Å². The molecule has 2 aliphatic rings. The Kier molecular flexibility index (Phi) is 7.40. The van der Waals surface area contributed by atoms with E-state index < -0.39 is 10.0 Å². The van der Waals surface area contributed by atoms with Crippen molar-refractivity contribution in [1.29, 1.82) is 0 Å². The van der Waals surface area contributed by atoms with Crippen LogP contribution >= 0.6 is 11.6 Å². The molecule has 2 aromatic heterocycles. The van der Waals surface area contributed by atoms with Crippen LogP contribution in [0.5, 0.6) is 0 Å². The Hall–Kier alpha value is -2.07. The average molecular weight is 479 g/mol. The number of ether oxygens (including phenoxy) is 1. The summed E-state index contributed by atoms with van der Waals surface area (Å²) in [5, 5.41) is -0.0371. The minimum absolute atomic E-state index is 0.00281. The van der Waals surface area contributed by atoms with Crippen LogP contribution in [0.4, 0.5) is 0 Å². The lowest BCUT2D eigenvalue weighted by atomic mass is 9.96. The number of hydrogen-bond donors (Lipinski definition) is 0. The summed E-state index contributed by atoms with van der Waals surface area (Å²) < 4.78 is 33.1. The lowest BCUT2D eigenvalue weighted by molar-refractivity contribution is -0.139. The van der Waals surface area contributed by atoms with Crippen LogP contribution in [0.3, 0.4) is 0 Å². The summed E-state index contributed by atoms with van der Waals surface area (Å²) in [4.78, 5) is 23.3. The Morgan fingerprint density at radius 3 is 2.62 bits per heavy atom. The number of pyridine rings is 2. The van der Waals surface area contributed by atoms with E-state index in [9.17, 15) is 13.2 Å². The summed E-state index contributed by atoms with van der Waals surface area (Å²) in [6, 6.07) is 6.82. The van der Waals surface area contributed by atoms with E-state index in [2.05, 4.69) is 9.97 Å². The molecule has 1 atom stereocenters. The van der Waals surface area contributed by atoms with Crippen LogP contribution in [-0.4, -0.2) is 65.8 Å². The van der Waals surface area contributed by atoms with Gasteiger partial charge in [-0.05, 0) is 49.4 Å². The van der Waals surface area contributed by atoms with Crippen molar-refractivity contribution in [2.24, 2.45) is 5.92 Å². The molecule has 0 N–H and O–H groups in total. The first kappa shape index (κ1) is 23.1. The van der Waals surface area contributed by atoms with Crippen molar-refractivity contribution >= 4 is 27.5 Å². The van der Waals surface area contributed by atoms with Crippen LogP contribution in [0.1, 0.15) is 31.2 Å². The van der Waals surface area contributed by atoms with Gasteiger partial charge in [0.1, 0.15) is 10.0 Å². The maximum Gasteiger partial charge on any atom is 0.246 e. The Bertz CT molecular complexity index is 1020. The molecule has 0 saturated carbocycles. The summed E-state index contributed by atoms with van der Waals surface area (Å²) in [5.74, 6) is -0.190. The summed E-state index contributed by atoms with van der Waals surface area (Å²) >= 11 is 6.01. The van der Waals surface area contributed by atoms with Crippen molar-refractivity contribution in [3.8, 4) is 0 Å². The zero-order valence-electron chi connectivity index (χ0n) is 17.8. The molecule has 2 aliphatic heterocycles. The van der Waals surface area contributed by atoms with Crippen LogP contribution in [-0.2, 0) is 26.1 Å². The van der Waals surface area contributed by atoms with Gasteiger partial charge < -0.3 is 9.64 Å². The molecule has 4 rings (SSSR count). The molecule has 4 heterocycles. The fraction of sp³-hybridized carbons (Fsp3) is 0.500. The van der Waals surface area contributed by atoms with E-state index in [0.717, 1.165) is 25.0 Å². The Morgan fingerprint density at radius 2 is 1.97 bits per heavy atom. The minimum atomic E-state index is -3.74. The smallest absolute Gasteiger partial charge is 0.246 e. The molecule has 2 saturated heterocycles. The number of aromatic nitrogens is 2. The summed E-state index contributed by atoms with van der Waals surface area (Å²) in [6.07, 6.45) is 7.85. The van der Waals surface area contributed by atoms with Crippen molar-refractivity contribution in [3.05, 3.63) is 53.6 Å². The van der Waals surface area contributed by atoms with Gasteiger partial charge in [0, 0.05) is 57.3 Å². The lowest BCUT2D eigenvalue weighted by Crippen LogP contribution is -2.46. The predicted molar refractivity (Wildman–Crippen MR) is 119 cm³/mol. The fourth-order valence-electron chi connectivity index (χ4n) is 4.28. The number of carbonyl (C=O) groups excluding carboxylic acids is 1. The standard InChI is InChI=1S/C22H27ClN4O4S/c23-21-20(6-2-10-25-21)32(29,30)27-11-7-18(8-12-27)22(28)26(16-19-5-3-13-31-19)15-17-4-1-9-24-14-17/h1-2,4,6,9-10,14,18-19H,3,5,7-8,11-13,15-16H2. The topological polar surface area (TPSA) is 92.7 Å². The number of amides is 1. The van der Waals surface area contributed by atoms with Crippen LogP contribution in [0.15, 0.2) is 47.8 Å². The molecule has 172 valence electrons. The first-order valence-corrected chi connectivity index (χ1v) is 12.7. The second-order valence-electron chi connectivity index (χ2n) is 8.19. The van der Waals surface area contributed by atoms with E-state index >= 15 is 0 Å². The van der Waals surface area contributed by atoms with Crippen molar-refractivity contribution in [2.75, 3.05) is 26.2 Å². The lowest BCUT2D eigenvalue weighted by Gasteiger charge is -2.34. The molecule has 8 nitrogen and oxygen atoms in total. The zero-order chi connectivity index (χ0) is 22.6. The minimum Gasteiger partial charge on any atom is -0.376 e.